The van der Waals surface area contributed by atoms with Crippen molar-refractivity contribution < 1.29 is 23.4 Å². The van der Waals surface area contributed by atoms with Crippen LogP contribution in [0, 0.1) is 6.92 Å². The molecule has 0 bridgehead atoms. The Morgan fingerprint density at radius 3 is 2.36 bits per heavy atom. The molecule has 4 rings (SSSR count). The minimum atomic E-state index is -0.377. The highest BCUT2D eigenvalue weighted by Crippen LogP contribution is 2.27. The Bertz CT molecular complexity index is 1300. The van der Waals surface area contributed by atoms with Gasteiger partial charge in [-0.3, -0.25) is 0 Å². The molecule has 0 saturated heterocycles. The van der Waals surface area contributed by atoms with Crippen LogP contribution in [-0.2, 0) is 28.8 Å². The summed E-state index contributed by atoms with van der Waals surface area (Å²) < 4.78 is 22.8. The molecule has 0 aliphatic heterocycles. The summed E-state index contributed by atoms with van der Waals surface area (Å²) in [6.07, 6.45) is 5.86. The van der Waals surface area contributed by atoms with Crippen LogP contribution in [0.4, 0.5) is 0 Å². The highest BCUT2D eigenvalue weighted by Gasteiger charge is 2.13. The number of hydrogen-bond acceptors (Lipinski definition) is 6. The van der Waals surface area contributed by atoms with E-state index in [0.29, 0.717) is 31.3 Å². The van der Waals surface area contributed by atoms with Crippen molar-refractivity contribution in [2.24, 2.45) is 0 Å². The lowest BCUT2D eigenvalue weighted by molar-refractivity contribution is -0.145. The van der Waals surface area contributed by atoms with Gasteiger partial charge in [-0.25, -0.2) is 9.78 Å². The van der Waals surface area contributed by atoms with E-state index in [0.717, 1.165) is 60.4 Å². The summed E-state index contributed by atoms with van der Waals surface area (Å²) in [4.78, 5) is 16.4. The number of carbonyl (C=O) groups excluding carboxylic acids is 1. The van der Waals surface area contributed by atoms with Gasteiger partial charge in [0.05, 0.1) is 18.9 Å². The van der Waals surface area contributed by atoms with E-state index in [1.54, 1.807) is 6.92 Å². The van der Waals surface area contributed by atoms with E-state index < -0.39 is 0 Å². The van der Waals surface area contributed by atoms with Gasteiger partial charge in [0.1, 0.15) is 17.3 Å². The minimum absolute atomic E-state index is 0.111. The summed E-state index contributed by atoms with van der Waals surface area (Å²) in [5.74, 6) is 2.51. The molecule has 0 saturated carbocycles. The average molecular weight is 528 g/mol. The van der Waals surface area contributed by atoms with Gasteiger partial charge in [0, 0.05) is 12.0 Å². The molecule has 1 heterocycles. The molecule has 6 heteroatoms. The van der Waals surface area contributed by atoms with Crippen LogP contribution in [0.15, 0.2) is 83.3 Å². The van der Waals surface area contributed by atoms with Gasteiger partial charge in [0.2, 0.25) is 5.89 Å². The topological polar surface area (TPSA) is 70.8 Å². The van der Waals surface area contributed by atoms with Crippen molar-refractivity contribution in [3.05, 3.63) is 101 Å². The molecule has 0 aliphatic rings. The van der Waals surface area contributed by atoms with Gasteiger partial charge in [-0.2, -0.15) is 0 Å². The lowest BCUT2D eigenvalue weighted by atomic mass is 10.0. The molecule has 0 amide bonds. The molecule has 0 N–H and O–H groups in total. The van der Waals surface area contributed by atoms with Gasteiger partial charge in [0.15, 0.2) is 6.61 Å². The first-order valence-electron chi connectivity index (χ1n) is 13.7. The Morgan fingerprint density at radius 2 is 1.59 bits per heavy atom. The standard InChI is InChI=1S/C33H37NO5/c1-3-36-32(35)24-38-29-19-20-31(28(23-29)18-12-5-9-15-26-13-7-4-8-14-26)37-22-21-30-25(2)39-33(34-30)27-16-10-6-11-17-27/h4,6-8,10-11,13-14,16-17,19-20,23H,3,5,9,12,15,18,21-22,24H2,1-2H3. The first-order valence-corrected chi connectivity index (χ1v) is 13.7. The van der Waals surface area contributed by atoms with Crippen LogP contribution < -0.4 is 9.47 Å². The molecule has 0 atom stereocenters. The first-order chi connectivity index (χ1) is 19.1. The molecule has 0 fully saturated rings. The molecule has 39 heavy (non-hydrogen) atoms. The van der Waals surface area contributed by atoms with Crippen LogP contribution in [0.3, 0.4) is 0 Å². The van der Waals surface area contributed by atoms with Gasteiger partial charge >= 0.3 is 5.97 Å². The summed E-state index contributed by atoms with van der Waals surface area (Å²) in [6.45, 7) is 4.42. The quantitative estimate of drug-likeness (QED) is 0.121. The van der Waals surface area contributed by atoms with Crippen molar-refractivity contribution in [1.29, 1.82) is 0 Å². The molecule has 1 aromatic heterocycles. The zero-order chi connectivity index (χ0) is 27.3. The lowest BCUT2D eigenvalue weighted by Gasteiger charge is -2.14. The Hall–Kier alpha value is -4.06. The van der Waals surface area contributed by atoms with Gasteiger partial charge < -0.3 is 18.6 Å². The second-order valence-electron chi connectivity index (χ2n) is 9.40. The summed E-state index contributed by atoms with van der Waals surface area (Å²) in [7, 11) is 0. The maximum absolute atomic E-state index is 11.7. The minimum Gasteiger partial charge on any atom is -0.493 e. The van der Waals surface area contributed by atoms with Crippen LogP contribution in [0.25, 0.3) is 11.5 Å². The molecule has 0 unspecified atom stereocenters. The van der Waals surface area contributed by atoms with Crippen LogP contribution in [0.1, 0.15) is 48.8 Å². The maximum atomic E-state index is 11.7. The third-order valence-electron chi connectivity index (χ3n) is 6.46. The third-order valence-corrected chi connectivity index (χ3v) is 6.46. The van der Waals surface area contributed by atoms with Gasteiger partial charge in [-0.1, -0.05) is 55.0 Å². The second kappa shape index (κ2) is 14.8. The van der Waals surface area contributed by atoms with E-state index in [-0.39, 0.29) is 12.6 Å². The molecule has 0 spiro atoms. The first kappa shape index (κ1) is 28.0. The zero-order valence-electron chi connectivity index (χ0n) is 22.9. The Kier molecular flexibility index (Phi) is 10.6. The SMILES string of the molecule is CCOC(=O)COc1ccc(OCCc2nc(-c3ccccc3)oc2C)c(CCCCCc2ccccc2)c1. The number of rotatable bonds is 15. The Morgan fingerprint density at radius 1 is 0.846 bits per heavy atom. The van der Waals surface area contributed by atoms with Crippen LogP contribution in [0.2, 0.25) is 0 Å². The molecule has 0 aliphatic carbocycles. The third kappa shape index (κ3) is 8.74. The number of esters is 1. The number of aromatic nitrogens is 1. The monoisotopic (exact) mass is 527 g/mol. The molecular formula is C33H37NO5. The average Bonchev–Trinajstić information content (AvgIpc) is 3.34. The van der Waals surface area contributed by atoms with Gasteiger partial charge in [-0.05, 0) is 81.0 Å². The van der Waals surface area contributed by atoms with Crippen LogP contribution >= 0.6 is 0 Å². The molecule has 0 radical (unpaired) electrons. The van der Waals surface area contributed by atoms with Crippen molar-refractivity contribution in [2.45, 2.75) is 52.4 Å². The normalized spacial score (nSPS) is 10.8. The summed E-state index contributed by atoms with van der Waals surface area (Å²) in [5, 5.41) is 0. The number of benzene rings is 3. The molecule has 204 valence electrons. The van der Waals surface area contributed by atoms with Crippen molar-refractivity contribution in [3.63, 3.8) is 0 Å². The maximum Gasteiger partial charge on any atom is 0.344 e. The molecule has 4 aromatic rings. The second-order valence-corrected chi connectivity index (χ2v) is 9.40. The molecule has 6 nitrogen and oxygen atoms in total. The van der Waals surface area contributed by atoms with E-state index in [9.17, 15) is 4.79 Å². The van der Waals surface area contributed by atoms with Crippen molar-refractivity contribution in [2.75, 3.05) is 19.8 Å². The van der Waals surface area contributed by atoms with E-state index >= 15 is 0 Å². The van der Waals surface area contributed by atoms with Crippen molar-refractivity contribution >= 4 is 5.97 Å². The lowest BCUT2D eigenvalue weighted by Crippen LogP contribution is -2.14. The zero-order valence-corrected chi connectivity index (χ0v) is 22.9. The fourth-order valence-electron chi connectivity index (χ4n) is 4.41. The number of nitrogens with zero attached hydrogens (tertiary/aromatic N) is 1. The highest BCUT2D eigenvalue weighted by molar-refractivity contribution is 5.71. The highest BCUT2D eigenvalue weighted by atomic mass is 16.6. The Labute approximate surface area is 230 Å². The fourth-order valence-corrected chi connectivity index (χ4v) is 4.41. The van der Waals surface area contributed by atoms with E-state index in [4.69, 9.17) is 18.6 Å². The summed E-state index contributed by atoms with van der Waals surface area (Å²) in [5.41, 5.74) is 4.29. The number of ether oxygens (including phenoxy) is 3. The number of unbranched alkanes of at least 4 members (excludes halogenated alkanes) is 2. The summed E-state index contributed by atoms with van der Waals surface area (Å²) in [6, 6.07) is 26.2. The predicted molar refractivity (Wildman–Crippen MR) is 152 cm³/mol. The largest absolute Gasteiger partial charge is 0.493 e. The number of oxazole rings is 1. The van der Waals surface area contributed by atoms with E-state index in [1.807, 2.05) is 61.5 Å². The Balaban J connectivity index is 1.35. The van der Waals surface area contributed by atoms with Crippen LogP contribution in [-0.4, -0.2) is 30.8 Å². The van der Waals surface area contributed by atoms with Crippen molar-refractivity contribution in [1.82, 2.24) is 4.98 Å². The fraction of sp³-hybridized carbons (Fsp3) is 0.333. The smallest absolute Gasteiger partial charge is 0.344 e. The van der Waals surface area contributed by atoms with Crippen LogP contribution in [0.5, 0.6) is 11.5 Å². The van der Waals surface area contributed by atoms with Gasteiger partial charge in [0.25, 0.3) is 0 Å². The predicted octanol–water partition coefficient (Wildman–Crippen LogP) is 7.17. The van der Waals surface area contributed by atoms with E-state index in [1.165, 1.54) is 5.56 Å². The number of carbonyl (C=O) groups is 1. The van der Waals surface area contributed by atoms with Gasteiger partial charge in [-0.15, -0.1) is 0 Å². The summed E-state index contributed by atoms with van der Waals surface area (Å²) >= 11 is 0. The molecular weight excluding hydrogens is 490 g/mol. The molecule has 3 aromatic carbocycles. The number of hydrogen-bond donors (Lipinski definition) is 0. The van der Waals surface area contributed by atoms with E-state index in [2.05, 4.69) is 29.2 Å². The van der Waals surface area contributed by atoms with Crippen molar-refractivity contribution in [3.8, 4) is 23.0 Å². The number of aryl methyl sites for hydroxylation is 3.